The predicted molar refractivity (Wildman–Crippen MR) is 83.7 cm³/mol. The lowest BCUT2D eigenvalue weighted by atomic mass is 9.64. The van der Waals surface area contributed by atoms with Gasteiger partial charge in [0, 0.05) is 11.6 Å². The highest BCUT2D eigenvalue weighted by Crippen LogP contribution is 2.57. The predicted octanol–water partition coefficient (Wildman–Crippen LogP) is 4.73. The van der Waals surface area contributed by atoms with E-state index in [4.69, 9.17) is 0 Å². The summed E-state index contributed by atoms with van der Waals surface area (Å²) in [5, 5.41) is 3.95. The van der Waals surface area contributed by atoms with E-state index in [-0.39, 0.29) is 12.4 Å². The molecule has 4 unspecified atom stereocenters. The van der Waals surface area contributed by atoms with Crippen molar-refractivity contribution in [2.75, 3.05) is 0 Å². The first-order chi connectivity index (χ1) is 8.55. The van der Waals surface area contributed by atoms with E-state index in [2.05, 4.69) is 56.4 Å². The van der Waals surface area contributed by atoms with Gasteiger partial charge in [-0.3, -0.25) is 0 Å². The Labute approximate surface area is 123 Å². The summed E-state index contributed by atoms with van der Waals surface area (Å²) in [4.78, 5) is 0. The molecule has 0 spiro atoms. The summed E-state index contributed by atoms with van der Waals surface area (Å²) in [6.45, 7) is 7.26. The van der Waals surface area contributed by atoms with E-state index < -0.39 is 0 Å². The van der Waals surface area contributed by atoms with Crippen molar-refractivity contribution in [3.63, 3.8) is 0 Å². The molecular weight excluding hydrogens is 254 g/mol. The summed E-state index contributed by atoms with van der Waals surface area (Å²) in [7, 11) is 0. The van der Waals surface area contributed by atoms with Crippen LogP contribution in [0.5, 0.6) is 0 Å². The largest absolute Gasteiger partial charge is 0.304 e. The number of nitrogens with one attached hydrogen (secondary N) is 1. The maximum absolute atomic E-state index is 3.95. The van der Waals surface area contributed by atoms with E-state index in [9.17, 15) is 0 Å². The third-order valence-corrected chi connectivity index (χ3v) is 5.19. The quantitative estimate of drug-likeness (QED) is 0.825. The molecule has 2 aliphatic rings. The molecule has 3 rings (SSSR count). The highest BCUT2D eigenvalue weighted by Gasteiger charge is 2.54. The van der Waals surface area contributed by atoms with Gasteiger partial charge in [-0.05, 0) is 43.1 Å². The molecular formula is C17H26ClN. The zero-order chi connectivity index (χ0) is 12.8. The number of hydrogen-bond donors (Lipinski definition) is 1. The lowest BCUT2D eigenvalue weighted by Gasteiger charge is -2.40. The number of rotatable bonds is 2. The second kappa shape index (κ2) is 5.10. The van der Waals surface area contributed by atoms with E-state index in [1.807, 2.05) is 0 Å². The van der Waals surface area contributed by atoms with E-state index in [1.165, 1.54) is 31.2 Å². The second-order valence-corrected chi connectivity index (χ2v) is 7.06. The summed E-state index contributed by atoms with van der Waals surface area (Å²) in [6.07, 6.45) is 5.39. The van der Waals surface area contributed by atoms with Gasteiger partial charge in [-0.1, -0.05) is 50.6 Å². The highest BCUT2D eigenvalue weighted by atomic mass is 35.5. The fraction of sp³-hybridized carbons (Fsp3) is 0.647. The maximum Gasteiger partial charge on any atom is 0.0379 e. The van der Waals surface area contributed by atoms with E-state index in [1.54, 1.807) is 0 Å². The molecule has 1 nitrogen and oxygen atoms in total. The summed E-state index contributed by atoms with van der Waals surface area (Å²) in [6, 6.07) is 11.6. The van der Waals surface area contributed by atoms with Gasteiger partial charge in [0.2, 0.25) is 0 Å². The van der Waals surface area contributed by atoms with Crippen molar-refractivity contribution in [2.24, 2.45) is 11.3 Å². The van der Waals surface area contributed by atoms with Crippen molar-refractivity contribution >= 4 is 12.4 Å². The van der Waals surface area contributed by atoms with Crippen LogP contribution in [0.15, 0.2) is 30.3 Å². The number of benzene rings is 1. The molecule has 4 atom stereocenters. The summed E-state index contributed by atoms with van der Waals surface area (Å²) < 4.78 is 0. The molecule has 1 saturated heterocycles. The van der Waals surface area contributed by atoms with Crippen LogP contribution in [-0.2, 0) is 0 Å². The van der Waals surface area contributed by atoms with Gasteiger partial charge in [-0.25, -0.2) is 0 Å². The first-order valence-corrected chi connectivity index (χ1v) is 7.37. The number of fused-ring (bicyclic) bond motifs is 2. The molecule has 2 fully saturated rings. The zero-order valence-electron chi connectivity index (χ0n) is 12.3. The Morgan fingerprint density at radius 3 is 2.47 bits per heavy atom. The van der Waals surface area contributed by atoms with Crippen molar-refractivity contribution in [2.45, 2.75) is 58.0 Å². The Morgan fingerprint density at radius 1 is 1.16 bits per heavy atom. The second-order valence-electron chi connectivity index (χ2n) is 7.06. The molecule has 0 aromatic heterocycles. The fourth-order valence-corrected chi connectivity index (χ4v) is 4.68. The summed E-state index contributed by atoms with van der Waals surface area (Å²) in [5.41, 5.74) is 2.27. The van der Waals surface area contributed by atoms with Crippen LogP contribution in [0.2, 0.25) is 0 Å². The van der Waals surface area contributed by atoms with Crippen molar-refractivity contribution in [1.82, 2.24) is 5.32 Å². The third kappa shape index (κ3) is 2.55. The maximum atomic E-state index is 3.95. The molecule has 106 valence electrons. The van der Waals surface area contributed by atoms with Crippen LogP contribution in [0.3, 0.4) is 0 Å². The number of hydrogen-bond acceptors (Lipinski definition) is 1. The van der Waals surface area contributed by atoms with Gasteiger partial charge in [0.1, 0.15) is 0 Å². The van der Waals surface area contributed by atoms with Gasteiger partial charge in [0.15, 0.2) is 0 Å². The monoisotopic (exact) mass is 279 g/mol. The van der Waals surface area contributed by atoms with Crippen LogP contribution < -0.4 is 5.32 Å². The van der Waals surface area contributed by atoms with Gasteiger partial charge >= 0.3 is 0 Å². The Morgan fingerprint density at radius 2 is 1.84 bits per heavy atom. The van der Waals surface area contributed by atoms with Crippen molar-refractivity contribution in [3.8, 4) is 0 Å². The Bertz CT molecular complexity index is 432. The number of halogens is 1. The normalized spacial score (nSPS) is 40.8. The van der Waals surface area contributed by atoms with Crippen LogP contribution in [0, 0.1) is 11.3 Å². The fourth-order valence-electron chi connectivity index (χ4n) is 4.68. The van der Waals surface area contributed by atoms with Crippen molar-refractivity contribution < 1.29 is 0 Å². The molecule has 1 aromatic carbocycles. The van der Waals surface area contributed by atoms with Gasteiger partial charge in [0.05, 0.1) is 0 Å². The van der Waals surface area contributed by atoms with Gasteiger partial charge in [0.25, 0.3) is 0 Å². The Hall–Kier alpha value is -0.530. The van der Waals surface area contributed by atoms with Crippen molar-refractivity contribution in [1.29, 1.82) is 0 Å². The lowest BCUT2D eigenvalue weighted by Crippen LogP contribution is -2.39. The van der Waals surface area contributed by atoms with Gasteiger partial charge < -0.3 is 5.32 Å². The average Bonchev–Trinajstić information content (AvgIpc) is 2.55. The molecule has 1 heterocycles. The molecule has 1 N–H and O–H groups in total. The van der Waals surface area contributed by atoms with Gasteiger partial charge in [-0.2, -0.15) is 0 Å². The molecule has 2 bridgehead atoms. The highest BCUT2D eigenvalue weighted by molar-refractivity contribution is 5.85. The minimum atomic E-state index is 0. The topological polar surface area (TPSA) is 12.0 Å². The van der Waals surface area contributed by atoms with Crippen LogP contribution in [0.1, 0.15) is 58.1 Å². The first kappa shape index (κ1) is 14.9. The molecule has 1 aromatic rings. The zero-order valence-corrected chi connectivity index (χ0v) is 13.1. The van der Waals surface area contributed by atoms with E-state index in [0.717, 1.165) is 5.92 Å². The lowest BCUT2D eigenvalue weighted by molar-refractivity contribution is 0.145. The van der Waals surface area contributed by atoms with Crippen LogP contribution in [0.4, 0.5) is 0 Å². The molecule has 19 heavy (non-hydrogen) atoms. The molecule has 1 saturated carbocycles. The molecule has 1 aliphatic carbocycles. The molecule has 2 heteroatoms. The third-order valence-electron chi connectivity index (χ3n) is 5.19. The van der Waals surface area contributed by atoms with E-state index in [0.29, 0.717) is 17.0 Å². The molecule has 1 aliphatic heterocycles. The Balaban J connectivity index is 0.00000133. The van der Waals surface area contributed by atoms with E-state index >= 15 is 0 Å². The standard InChI is InChI=1S/C17H25N.ClH/c1-4-13-10-16(2)12-17(3,11-13)18-15(16)14-8-6-5-7-9-14;/h5-9,13,15,18H,4,10-12H2,1-3H3;1H. The van der Waals surface area contributed by atoms with Crippen LogP contribution >= 0.6 is 12.4 Å². The Kier molecular flexibility index (Phi) is 3.99. The first-order valence-electron chi connectivity index (χ1n) is 7.37. The van der Waals surface area contributed by atoms with Crippen molar-refractivity contribution in [3.05, 3.63) is 35.9 Å². The molecule has 0 radical (unpaired) electrons. The molecule has 0 amide bonds. The minimum Gasteiger partial charge on any atom is -0.304 e. The van der Waals surface area contributed by atoms with Crippen LogP contribution in [-0.4, -0.2) is 5.54 Å². The average molecular weight is 280 g/mol. The SMILES string of the molecule is CCC1CC2(C)CC(C)(C1)C(c1ccccc1)N2.Cl. The summed E-state index contributed by atoms with van der Waals surface area (Å²) in [5.74, 6) is 0.898. The summed E-state index contributed by atoms with van der Waals surface area (Å²) >= 11 is 0. The van der Waals surface area contributed by atoms with Crippen LogP contribution in [0.25, 0.3) is 0 Å². The minimum absolute atomic E-state index is 0. The van der Waals surface area contributed by atoms with Gasteiger partial charge in [-0.15, -0.1) is 12.4 Å². The smallest absolute Gasteiger partial charge is 0.0379 e.